The number of piperidine rings is 1. The summed E-state index contributed by atoms with van der Waals surface area (Å²) in [6.45, 7) is 3.05. The van der Waals surface area contributed by atoms with E-state index in [4.69, 9.17) is 0 Å². The molecule has 1 fully saturated rings. The van der Waals surface area contributed by atoms with Gasteiger partial charge in [-0.2, -0.15) is 0 Å². The van der Waals surface area contributed by atoms with E-state index < -0.39 is 18.2 Å². The third-order valence-corrected chi connectivity index (χ3v) is 3.34. The molecule has 3 atom stereocenters. The molecular formula is C14H20N2O3. The minimum Gasteiger partial charge on any atom is -0.389 e. The number of carbonyl (C=O) groups excluding carboxylic acids is 1. The molecule has 0 radical (unpaired) electrons. The van der Waals surface area contributed by atoms with E-state index in [1.54, 1.807) is 0 Å². The van der Waals surface area contributed by atoms with Gasteiger partial charge in [0.2, 0.25) is 5.91 Å². The maximum Gasteiger partial charge on any atom is 0.217 e. The van der Waals surface area contributed by atoms with Crippen LogP contribution in [0.1, 0.15) is 12.5 Å². The Labute approximate surface area is 112 Å². The Balaban J connectivity index is 2.00. The van der Waals surface area contributed by atoms with Crippen molar-refractivity contribution in [3.8, 4) is 0 Å². The molecule has 3 N–H and O–H groups in total. The lowest BCUT2D eigenvalue weighted by molar-refractivity contribution is -0.123. The number of amides is 1. The van der Waals surface area contributed by atoms with E-state index in [1.807, 2.05) is 35.2 Å². The molecule has 5 nitrogen and oxygen atoms in total. The SMILES string of the molecule is CC(=O)NC1CN(Cc2ccccc2)CC(O)C1O. The van der Waals surface area contributed by atoms with Gasteiger partial charge in [0.15, 0.2) is 0 Å². The molecule has 0 spiro atoms. The molecule has 0 aromatic heterocycles. The van der Waals surface area contributed by atoms with Crippen molar-refractivity contribution in [2.75, 3.05) is 13.1 Å². The van der Waals surface area contributed by atoms with Crippen molar-refractivity contribution in [1.82, 2.24) is 10.2 Å². The van der Waals surface area contributed by atoms with E-state index in [-0.39, 0.29) is 5.91 Å². The minimum absolute atomic E-state index is 0.196. The lowest BCUT2D eigenvalue weighted by Gasteiger charge is -2.39. The summed E-state index contributed by atoms with van der Waals surface area (Å²) in [5, 5.41) is 22.4. The van der Waals surface area contributed by atoms with Crippen molar-refractivity contribution in [1.29, 1.82) is 0 Å². The number of carbonyl (C=O) groups is 1. The molecule has 0 bridgehead atoms. The average molecular weight is 264 g/mol. The van der Waals surface area contributed by atoms with Crippen LogP contribution in [0.3, 0.4) is 0 Å². The number of nitrogens with zero attached hydrogens (tertiary/aromatic N) is 1. The smallest absolute Gasteiger partial charge is 0.217 e. The first-order chi connectivity index (χ1) is 9.06. The van der Waals surface area contributed by atoms with E-state index >= 15 is 0 Å². The Morgan fingerprint density at radius 3 is 2.63 bits per heavy atom. The zero-order valence-electron chi connectivity index (χ0n) is 11.0. The molecule has 0 saturated carbocycles. The van der Waals surface area contributed by atoms with Crippen LogP contribution < -0.4 is 5.32 Å². The quantitative estimate of drug-likeness (QED) is 0.702. The van der Waals surface area contributed by atoms with Crippen LogP contribution in [0.5, 0.6) is 0 Å². The van der Waals surface area contributed by atoms with Crippen LogP contribution in [0.25, 0.3) is 0 Å². The molecule has 5 heteroatoms. The molecule has 1 aliphatic rings. The van der Waals surface area contributed by atoms with Gasteiger partial charge in [-0.1, -0.05) is 30.3 Å². The first kappa shape index (κ1) is 14.0. The monoisotopic (exact) mass is 264 g/mol. The van der Waals surface area contributed by atoms with Gasteiger partial charge in [-0.3, -0.25) is 9.69 Å². The first-order valence-electron chi connectivity index (χ1n) is 6.46. The van der Waals surface area contributed by atoms with Crippen LogP contribution in [-0.2, 0) is 11.3 Å². The maximum atomic E-state index is 11.1. The van der Waals surface area contributed by atoms with Crippen molar-refractivity contribution < 1.29 is 15.0 Å². The van der Waals surface area contributed by atoms with Crippen LogP contribution in [0.4, 0.5) is 0 Å². The fraction of sp³-hybridized carbons (Fsp3) is 0.500. The topological polar surface area (TPSA) is 72.8 Å². The number of hydrogen-bond acceptors (Lipinski definition) is 4. The van der Waals surface area contributed by atoms with E-state index in [9.17, 15) is 15.0 Å². The molecule has 2 rings (SSSR count). The predicted octanol–water partition coefficient (Wildman–Crippen LogP) is -0.271. The number of likely N-dealkylation sites (tertiary alicyclic amines) is 1. The van der Waals surface area contributed by atoms with E-state index in [0.29, 0.717) is 19.6 Å². The standard InChI is InChI=1S/C14H20N2O3/c1-10(17)15-12-8-16(9-13(18)14(12)19)7-11-5-3-2-4-6-11/h2-6,12-14,18-19H,7-9H2,1H3,(H,15,17). The van der Waals surface area contributed by atoms with Crippen LogP contribution in [0, 0.1) is 0 Å². The van der Waals surface area contributed by atoms with Gasteiger partial charge in [0, 0.05) is 26.6 Å². The van der Waals surface area contributed by atoms with Gasteiger partial charge >= 0.3 is 0 Å². The van der Waals surface area contributed by atoms with E-state index in [2.05, 4.69) is 5.32 Å². The number of β-amino-alcohol motifs (C(OH)–C–C–N with tert-alkyl or cyclic N) is 1. The number of rotatable bonds is 3. The number of benzene rings is 1. The molecule has 104 valence electrons. The van der Waals surface area contributed by atoms with Crippen molar-refractivity contribution in [2.45, 2.75) is 31.7 Å². The molecule has 1 aromatic carbocycles. The summed E-state index contributed by atoms with van der Waals surface area (Å²) in [6.07, 6.45) is -1.75. The van der Waals surface area contributed by atoms with Crippen molar-refractivity contribution in [3.05, 3.63) is 35.9 Å². The van der Waals surface area contributed by atoms with Gasteiger partial charge in [-0.25, -0.2) is 0 Å². The van der Waals surface area contributed by atoms with Gasteiger partial charge in [0.1, 0.15) is 6.10 Å². The van der Waals surface area contributed by atoms with Gasteiger partial charge in [0.25, 0.3) is 0 Å². The number of nitrogens with one attached hydrogen (secondary N) is 1. The summed E-state index contributed by atoms with van der Waals surface area (Å²) in [5.41, 5.74) is 1.15. The molecule has 1 amide bonds. The Hall–Kier alpha value is -1.43. The van der Waals surface area contributed by atoms with Gasteiger partial charge in [0.05, 0.1) is 12.1 Å². The Morgan fingerprint density at radius 2 is 2.00 bits per heavy atom. The summed E-state index contributed by atoms with van der Waals surface area (Å²) in [7, 11) is 0. The van der Waals surface area contributed by atoms with Crippen molar-refractivity contribution in [3.63, 3.8) is 0 Å². The third kappa shape index (κ3) is 3.76. The fourth-order valence-electron chi connectivity index (χ4n) is 2.46. The highest BCUT2D eigenvalue weighted by atomic mass is 16.3. The second-order valence-electron chi connectivity index (χ2n) is 5.04. The zero-order valence-corrected chi connectivity index (χ0v) is 11.0. The summed E-state index contributed by atoms with van der Waals surface area (Å²) < 4.78 is 0. The molecule has 1 heterocycles. The zero-order chi connectivity index (χ0) is 13.8. The largest absolute Gasteiger partial charge is 0.389 e. The molecule has 19 heavy (non-hydrogen) atoms. The van der Waals surface area contributed by atoms with Crippen LogP contribution in [0.2, 0.25) is 0 Å². The van der Waals surface area contributed by atoms with Crippen molar-refractivity contribution >= 4 is 5.91 Å². The normalized spacial score (nSPS) is 28.1. The Kier molecular flexibility index (Phi) is 4.52. The Morgan fingerprint density at radius 1 is 1.32 bits per heavy atom. The van der Waals surface area contributed by atoms with Crippen LogP contribution in [0.15, 0.2) is 30.3 Å². The van der Waals surface area contributed by atoms with Crippen LogP contribution in [-0.4, -0.2) is 52.4 Å². The molecule has 1 saturated heterocycles. The number of hydrogen-bond donors (Lipinski definition) is 3. The minimum atomic E-state index is -0.907. The van der Waals surface area contributed by atoms with E-state index in [0.717, 1.165) is 5.56 Å². The first-order valence-corrected chi connectivity index (χ1v) is 6.46. The second-order valence-corrected chi connectivity index (χ2v) is 5.04. The second kappa shape index (κ2) is 6.14. The highest BCUT2D eigenvalue weighted by molar-refractivity contribution is 5.73. The summed E-state index contributed by atoms with van der Waals surface area (Å²) in [4.78, 5) is 13.1. The summed E-state index contributed by atoms with van der Waals surface area (Å²) >= 11 is 0. The summed E-state index contributed by atoms with van der Waals surface area (Å²) in [5.74, 6) is -0.196. The summed E-state index contributed by atoms with van der Waals surface area (Å²) in [6, 6.07) is 9.50. The third-order valence-electron chi connectivity index (χ3n) is 3.34. The average Bonchev–Trinajstić information content (AvgIpc) is 2.36. The maximum absolute atomic E-state index is 11.1. The van der Waals surface area contributed by atoms with Gasteiger partial charge in [-0.15, -0.1) is 0 Å². The molecule has 0 aliphatic carbocycles. The lowest BCUT2D eigenvalue weighted by Crippen LogP contribution is -2.60. The van der Waals surface area contributed by atoms with E-state index in [1.165, 1.54) is 6.92 Å². The number of aliphatic hydroxyl groups is 2. The molecule has 1 aromatic rings. The lowest BCUT2D eigenvalue weighted by atomic mass is 9.98. The number of aliphatic hydroxyl groups excluding tert-OH is 2. The highest BCUT2D eigenvalue weighted by Gasteiger charge is 2.34. The van der Waals surface area contributed by atoms with Crippen molar-refractivity contribution in [2.24, 2.45) is 0 Å². The Bertz CT molecular complexity index is 424. The molecular weight excluding hydrogens is 244 g/mol. The van der Waals surface area contributed by atoms with Crippen LogP contribution >= 0.6 is 0 Å². The van der Waals surface area contributed by atoms with Gasteiger partial charge in [-0.05, 0) is 5.56 Å². The highest BCUT2D eigenvalue weighted by Crippen LogP contribution is 2.15. The van der Waals surface area contributed by atoms with Gasteiger partial charge < -0.3 is 15.5 Å². The molecule has 1 aliphatic heterocycles. The predicted molar refractivity (Wildman–Crippen MR) is 71.3 cm³/mol. The fourth-order valence-corrected chi connectivity index (χ4v) is 2.46. The molecule has 3 unspecified atom stereocenters.